The van der Waals surface area contributed by atoms with E-state index in [0.29, 0.717) is 17.8 Å². The van der Waals surface area contributed by atoms with Gasteiger partial charge in [-0.15, -0.1) is 0 Å². The molecule has 0 bridgehead atoms. The fraction of sp³-hybridized carbons (Fsp3) is 0.926. The number of allylic oxidation sites excluding steroid dienone is 1. The third kappa shape index (κ3) is 3.65. The Morgan fingerprint density at radius 3 is 2.45 bits per heavy atom. The highest BCUT2D eigenvalue weighted by molar-refractivity contribution is 5.35. The van der Waals surface area contributed by atoms with Crippen LogP contribution in [0.5, 0.6) is 0 Å². The van der Waals surface area contributed by atoms with Crippen LogP contribution in [0.1, 0.15) is 105 Å². The number of hydrogen-bond acceptors (Lipinski definition) is 2. The minimum absolute atomic E-state index is 0.0859. The molecule has 166 valence electrons. The minimum Gasteiger partial charge on any atom is -0.393 e. The highest BCUT2D eigenvalue weighted by Gasteiger charge is 2.58. The quantitative estimate of drug-likeness (QED) is 0.515. The summed E-state index contributed by atoms with van der Waals surface area (Å²) in [6.07, 6.45) is 12.8. The third-order valence-electron chi connectivity index (χ3n) is 10.1. The highest BCUT2D eigenvalue weighted by Crippen LogP contribution is 2.66. The average molecular weight is 403 g/mol. The number of hydrogen-bond donors (Lipinski definition) is 2. The molecule has 4 aliphatic rings. The fourth-order valence-electron chi connectivity index (χ4n) is 8.48. The van der Waals surface area contributed by atoms with E-state index in [-0.39, 0.29) is 23.0 Å². The van der Waals surface area contributed by atoms with Crippen LogP contribution in [0.4, 0.5) is 0 Å². The van der Waals surface area contributed by atoms with E-state index in [9.17, 15) is 10.2 Å². The van der Waals surface area contributed by atoms with Crippen molar-refractivity contribution < 1.29 is 10.2 Å². The summed E-state index contributed by atoms with van der Waals surface area (Å²) in [5, 5.41) is 21.5. The van der Waals surface area contributed by atoms with Crippen molar-refractivity contribution in [2.75, 3.05) is 0 Å². The summed E-state index contributed by atoms with van der Waals surface area (Å²) >= 11 is 0. The molecule has 0 saturated heterocycles. The number of aliphatic hydroxyl groups excluding tert-OH is 2. The molecular formula is C27H46O2. The van der Waals surface area contributed by atoms with Crippen LogP contribution in [0.2, 0.25) is 0 Å². The second-order valence-corrected chi connectivity index (χ2v) is 12.3. The average Bonchev–Trinajstić information content (AvgIpc) is 2.93. The first kappa shape index (κ1) is 21.9. The Morgan fingerprint density at radius 2 is 1.72 bits per heavy atom. The number of aliphatic hydroxyl groups is 2. The van der Waals surface area contributed by atoms with Crippen LogP contribution < -0.4 is 0 Å². The van der Waals surface area contributed by atoms with Gasteiger partial charge >= 0.3 is 0 Å². The molecule has 0 heterocycles. The van der Waals surface area contributed by atoms with Gasteiger partial charge in [-0.2, -0.15) is 0 Å². The predicted molar refractivity (Wildman–Crippen MR) is 121 cm³/mol. The maximum Gasteiger partial charge on any atom is 0.0613 e. The summed E-state index contributed by atoms with van der Waals surface area (Å²) < 4.78 is 0. The minimum atomic E-state index is -0.142. The van der Waals surface area contributed by atoms with Crippen molar-refractivity contribution in [1.29, 1.82) is 0 Å². The van der Waals surface area contributed by atoms with Gasteiger partial charge in [0.2, 0.25) is 0 Å². The molecule has 2 heteroatoms. The summed E-state index contributed by atoms with van der Waals surface area (Å²) in [6.45, 7) is 12.2. The van der Waals surface area contributed by atoms with Gasteiger partial charge in [0.05, 0.1) is 12.2 Å². The Hall–Kier alpha value is -0.340. The first-order valence-electron chi connectivity index (χ1n) is 12.8. The third-order valence-corrected chi connectivity index (χ3v) is 10.1. The summed E-state index contributed by atoms with van der Waals surface area (Å²) in [5.74, 6) is 3.24. The molecule has 29 heavy (non-hydrogen) atoms. The van der Waals surface area contributed by atoms with Gasteiger partial charge in [0, 0.05) is 5.92 Å². The molecule has 0 aromatic heterocycles. The lowest BCUT2D eigenvalue weighted by Gasteiger charge is -2.55. The number of fused-ring (bicyclic) bond motifs is 4. The zero-order valence-corrected chi connectivity index (χ0v) is 19.7. The molecule has 0 spiro atoms. The van der Waals surface area contributed by atoms with Gasteiger partial charge in [0.25, 0.3) is 0 Å². The van der Waals surface area contributed by atoms with Crippen LogP contribution in [0.15, 0.2) is 11.1 Å². The van der Waals surface area contributed by atoms with Crippen molar-refractivity contribution in [2.45, 2.75) is 117 Å². The summed E-state index contributed by atoms with van der Waals surface area (Å²) in [4.78, 5) is 0. The van der Waals surface area contributed by atoms with E-state index in [1.165, 1.54) is 44.9 Å². The largest absolute Gasteiger partial charge is 0.393 e. The van der Waals surface area contributed by atoms with E-state index in [0.717, 1.165) is 37.5 Å². The molecule has 2 nitrogen and oxygen atoms in total. The second kappa shape index (κ2) is 7.97. The predicted octanol–water partition coefficient (Wildman–Crippen LogP) is 6.50. The van der Waals surface area contributed by atoms with Gasteiger partial charge in [-0.3, -0.25) is 0 Å². The zero-order chi connectivity index (χ0) is 21.0. The van der Waals surface area contributed by atoms with Gasteiger partial charge in [-0.25, -0.2) is 0 Å². The zero-order valence-electron chi connectivity index (χ0n) is 19.7. The Balaban J connectivity index is 1.57. The van der Waals surface area contributed by atoms with Gasteiger partial charge in [0.15, 0.2) is 0 Å². The summed E-state index contributed by atoms with van der Waals surface area (Å²) in [7, 11) is 0. The van der Waals surface area contributed by atoms with E-state index in [1.54, 1.807) is 11.1 Å². The molecule has 8 atom stereocenters. The van der Waals surface area contributed by atoms with E-state index in [2.05, 4.69) is 34.6 Å². The fourth-order valence-corrected chi connectivity index (χ4v) is 8.48. The standard InChI is InChI=1S/C27H46O2/c1-17(2)7-6-8-18(3)23-16-24(29)25-21-10-9-19-15-20(28)11-13-26(19,4)22(21)12-14-27(23,25)5/h17-20,23-25,28-29H,6-16H2,1-5H3/t18-,19+,20+,23-,24?,25-,26+,27-/m1/s1. The van der Waals surface area contributed by atoms with Gasteiger partial charge < -0.3 is 10.2 Å². The lowest BCUT2D eigenvalue weighted by molar-refractivity contribution is 0.00658. The van der Waals surface area contributed by atoms with Crippen molar-refractivity contribution in [3.63, 3.8) is 0 Å². The van der Waals surface area contributed by atoms with E-state index < -0.39 is 0 Å². The van der Waals surface area contributed by atoms with Crippen molar-refractivity contribution in [2.24, 2.45) is 40.4 Å². The molecule has 0 aromatic rings. The first-order chi connectivity index (χ1) is 13.7. The maximum absolute atomic E-state index is 11.3. The van der Waals surface area contributed by atoms with Crippen molar-refractivity contribution in [3.8, 4) is 0 Å². The molecular weight excluding hydrogens is 356 g/mol. The maximum atomic E-state index is 11.3. The van der Waals surface area contributed by atoms with E-state index in [4.69, 9.17) is 0 Å². The van der Waals surface area contributed by atoms with Gasteiger partial charge in [-0.05, 0) is 85.9 Å². The summed E-state index contributed by atoms with van der Waals surface area (Å²) in [5.41, 5.74) is 3.95. The van der Waals surface area contributed by atoms with Crippen LogP contribution in [0.25, 0.3) is 0 Å². The SMILES string of the molecule is CC(C)CCC[C@@H](C)[C@H]1CC(O)[C@H]2C3=C(CC[C@@]21C)[C@@]1(C)CC[C@H](O)C[C@@H]1CC3. The molecule has 0 aromatic carbocycles. The molecule has 0 radical (unpaired) electrons. The van der Waals surface area contributed by atoms with Crippen molar-refractivity contribution in [3.05, 3.63) is 11.1 Å². The highest BCUT2D eigenvalue weighted by atomic mass is 16.3. The lowest BCUT2D eigenvalue weighted by atomic mass is 9.50. The molecule has 2 saturated carbocycles. The monoisotopic (exact) mass is 402 g/mol. The van der Waals surface area contributed by atoms with Crippen LogP contribution in [0.3, 0.4) is 0 Å². The molecule has 1 unspecified atom stereocenters. The van der Waals surface area contributed by atoms with Gasteiger partial charge in [0.1, 0.15) is 0 Å². The normalized spacial score (nSPS) is 45.7. The Bertz CT molecular complexity index is 636. The van der Waals surface area contributed by atoms with Crippen LogP contribution >= 0.6 is 0 Å². The van der Waals surface area contributed by atoms with E-state index in [1.807, 2.05) is 0 Å². The first-order valence-corrected chi connectivity index (χ1v) is 12.8. The topological polar surface area (TPSA) is 40.5 Å². The van der Waals surface area contributed by atoms with Crippen LogP contribution in [0, 0.1) is 40.4 Å². The van der Waals surface area contributed by atoms with Crippen molar-refractivity contribution >= 4 is 0 Å². The lowest BCUT2D eigenvalue weighted by Crippen LogP contribution is -2.46. The van der Waals surface area contributed by atoms with Crippen LogP contribution in [-0.4, -0.2) is 22.4 Å². The summed E-state index contributed by atoms with van der Waals surface area (Å²) in [6, 6.07) is 0. The molecule has 2 N–H and O–H groups in total. The van der Waals surface area contributed by atoms with Crippen molar-refractivity contribution in [1.82, 2.24) is 0 Å². The van der Waals surface area contributed by atoms with Gasteiger partial charge in [-0.1, -0.05) is 65.0 Å². The molecule has 4 rings (SSSR count). The van der Waals surface area contributed by atoms with E-state index >= 15 is 0 Å². The molecule has 4 aliphatic carbocycles. The molecule has 2 fully saturated rings. The number of rotatable bonds is 5. The second-order valence-electron chi connectivity index (χ2n) is 12.3. The Kier molecular flexibility index (Phi) is 6.01. The molecule has 0 amide bonds. The Morgan fingerprint density at radius 1 is 0.966 bits per heavy atom. The Labute approximate surface area is 179 Å². The smallest absolute Gasteiger partial charge is 0.0613 e. The van der Waals surface area contributed by atoms with Crippen LogP contribution in [-0.2, 0) is 0 Å². The molecule has 0 aliphatic heterocycles.